The third kappa shape index (κ3) is 2.26. The standard InChI is InChI=1S/C12H13N3/c1-9-4-2-5-10(8-9)15-11-6-3-7-14-12(11)13/h2-8,15H,1H3,(H2,13,14). The maximum absolute atomic E-state index is 5.73. The summed E-state index contributed by atoms with van der Waals surface area (Å²) in [5.41, 5.74) is 8.80. The number of rotatable bonds is 2. The monoisotopic (exact) mass is 199 g/mol. The Kier molecular flexibility index (Phi) is 2.54. The van der Waals surface area contributed by atoms with Crippen LogP contribution in [0.5, 0.6) is 0 Å². The third-order valence-corrected chi connectivity index (χ3v) is 2.14. The van der Waals surface area contributed by atoms with Gasteiger partial charge in [-0.3, -0.25) is 0 Å². The molecule has 0 saturated carbocycles. The van der Waals surface area contributed by atoms with Gasteiger partial charge in [-0.15, -0.1) is 0 Å². The van der Waals surface area contributed by atoms with E-state index < -0.39 is 0 Å². The molecule has 0 fully saturated rings. The van der Waals surface area contributed by atoms with Crippen LogP contribution in [0.15, 0.2) is 42.6 Å². The van der Waals surface area contributed by atoms with Crippen LogP contribution in [0.4, 0.5) is 17.2 Å². The van der Waals surface area contributed by atoms with Crippen molar-refractivity contribution in [3.8, 4) is 0 Å². The lowest BCUT2D eigenvalue weighted by Crippen LogP contribution is -1.97. The van der Waals surface area contributed by atoms with Crippen molar-refractivity contribution in [3.05, 3.63) is 48.2 Å². The van der Waals surface area contributed by atoms with Crippen LogP contribution in [0.2, 0.25) is 0 Å². The van der Waals surface area contributed by atoms with E-state index in [1.807, 2.05) is 24.3 Å². The van der Waals surface area contributed by atoms with Gasteiger partial charge in [0.1, 0.15) is 5.82 Å². The zero-order valence-electron chi connectivity index (χ0n) is 8.57. The summed E-state index contributed by atoms with van der Waals surface area (Å²) in [5.74, 6) is 0.513. The first-order chi connectivity index (χ1) is 7.25. The molecule has 0 aliphatic carbocycles. The summed E-state index contributed by atoms with van der Waals surface area (Å²) < 4.78 is 0. The topological polar surface area (TPSA) is 50.9 Å². The number of benzene rings is 1. The van der Waals surface area contributed by atoms with Gasteiger partial charge in [-0.2, -0.15) is 0 Å². The van der Waals surface area contributed by atoms with E-state index in [1.54, 1.807) is 6.20 Å². The number of anilines is 3. The minimum Gasteiger partial charge on any atom is -0.382 e. The van der Waals surface area contributed by atoms with Gasteiger partial charge in [-0.1, -0.05) is 12.1 Å². The maximum atomic E-state index is 5.73. The minimum absolute atomic E-state index is 0.513. The van der Waals surface area contributed by atoms with E-state index in [1.165, 1.54) is 5.56 Å². The number of pyridine rings is 1. The number of aromatic nitrogens is 1. The molecule has 0 spiro atoms. The van der Waals surface area contributed by atoms with Crippen LogP contribution >= 0.6 is 0 Å². The second kappa shape index (κ2) is 4.00. The Hall–Kier alpha value is -2.03. The maximum Gasteiger partial charge on any atom is 0.147 e. The van der Waals surface area contributed by atoms with Gasteiger partial charge in [0.25, 0.3) is 0 Å². The van der Waals surface area contributed by atoms with Crippen molar-refractivity contribution in [1.29, 1.82) is 0 Å². The second-order valence-electron chi connectivity index (χ2n) is 3.43. The molecule has 0 aliphatic rings. The van der Waals surface area contributed by atoms with Gasteiger partial charge in [-0.25, -0.2) is 4.98 Å². The number of hydrogen-bond donors (Lipinski definition) is 2. The van der Waals surface area contributed by atoms with Gasteiger partial charge in [0.05, 0.1) is 5.69 Å². The van der Waals surface area contributed by atoms with E-state index in [0.29, 0.717) is 5.82 Å². The lowest BCUT2D eigenvalue weighted by atomic mass is 10.2. The smallest absolute Gasteiger partial charge is 0.147 e. The summed E-state index contributed by atoms with van der Waals surface area (Å²) in [4.78, 5) is 4.01. The summed E-state index contributed by atoms with van der Waals surface area (Å²) in [6.45, 7) is 2.05. The molecule has 0 bridgehead atoms. The van der Waals surface area contributed by atoms with Crippen molar-refractivity contribution in [1.82, 2.24) is 4.98 Å². The third-order valence-electron chi connectivity index (χ3n) is 2.14. The highest BCUT2D eigenvalue weighted by Crippen LogP contribution is 2.20. The van der Waals surface area contributed by atoms with Crippen molar-refractivity contribution in [2.45, 2.75) is 6.92 Å². The molecule has 0 aliphatic heterocycles. The first-order valence-electron chi connectivity index (χ1n) is 4.80. The van der Waals surface area contributed by atoms with Crippen molar-refractivity contribution < 1.29 is 0 Å². The van der Waals surface area contributed by atoms with Gasteiger partial charge < -0.3 is 11.1 Å². The molecule has 1 aromatic heterocycles. The van der Waals surface area contributed by atoms with Gasteiger partial charge in [0.15, 0.2) is 0 Å². The minimum atomic E-state index is 0.513. The Morgan fingerprint density at radius 2 is 2.07 bits per heavy atom. The van der Waals surface area contributed by atoms with E-state index in [2.05, 4.69) is 29.4 Å². The van der Waals surface area contributed by atoms with E-state index in [9.17, 15) is 0 Å². The molecule has 76 valence electrons. The average molecular weight is 199 g/mol. The first kappa shape index (κ1) is 9.52. The van der Waals surface area contributed by atoms with Gasteiger partial charge in [0.2, 0.25) is 0 Å². The molecule has 0 amide bonds. The van der Waals surface area contributed by atoms with Crippen molar-refractivity contribution in [3.63, 3.8) is 0 Å². The Balaban J connectivity index is 2.26. The van der Waals surface area contributed by atoms with Gasteiger partial charge in [0, 0.05) is 11.9 Å². The fraction of sp³-hybridized carbons (Fsp3) is 0.0833. The molecule has 0 atom stereocenters. The van der Waals surface area contributed by atoms with Crippen molar-refractivity contribution in [2.75, 3.05) is 11.1 Å². The highest BCUT2D eigenvalue weighted by atomic mass is 15.0. The summed E-state index contributed by atoms with van der Waals surface area (Å²) in [6.07, 6.45) is 1.68. The first-order valence-corrected chi connectivity index (χ1v) is 4.80. The molecule has 0 unspecified atom stereocenters. The number of hydrogen-bond acceptors (Lipinski definition) is 3. The molecular weight excluding hydrogens is 186 g/mol. The highest BCUT2D eigenvalue weighted by molar-refractivity contribution is 5.69. The van der Waals surface area contributed by atoms with Crippen LogP contribution in [-0.2, 0) is 0 Å². The zero-order chi connectivity index (χ0) is 10.7. The number of nitrogens with one attached hydrogen (secondary N) is 1. The highest BCUT2D eigenvalue weighted by Gasteiger charge is 1.98. The molecule has 15 heavy (non-hydrogen) atoms. The normalized spacial score (nSPS) is 9.93. The lowest BCUT2D eigenvalue weighted by molar-refractivity contribution is 1.33. The Bertz CT molecular complexity index is 466. The largest absolute Gasteiger partial charge is 0.382 e. The second-order valence-corrected chi connectivity index (χ2v) is 3.43. The Morgan fingerprint density at radius 3 is 2.80 bits per heavy atom. The summed E-state index contributed by atoms with van der Waals surface area (Å²) in [7, 11) is 0. The van der Waals surface area contributed by atoms with Crippen LogP contribution in [0.1, 0.15) is 5.56 Å². The van der Waals surface area contributed by atoms with E-state index in [4.69, 9.17) is 5.73 Å². The van der Waals surface area contributed by atoms with Gasteiger partial charge in [-0.05, 0) is 36.8 Å². The van der Waals surface area contributed by atoms with Crippen molar-refractivity contribution in [2.24, 2.45) is 0 Å². The molecular formula is C12H13N3. The van der Waals surface area contributed by atoms with E-state index in [-0.39, 0.29) is 0 Å². The number of nitrogen functional groups attached to an aromatic ring is 1. The zero-order valence-corrected chi connectivity index (χ0v) is 8.57. The fourth-order valence-electron chi connectivity index (χ4n) is 1.40. The molecule has 3 nitrogen and oxygen atoms in total. The quantitative estimate of drug-likeness (QED) is 0.781. The number of aryl methyl sites for hydroxylation is 1. The van der Waals surface area contributed by atoms with E-state index >= 15 is 0 Å². The molecule has 3 heteroatoms. The molecule has 2 aromatic rings. The van der Waals surface area contributed by atoms with E-state index in [0.717, 1.165) is 11.4 Å². The molecule has 1 heterocycles. The van der Waals surface area contributed by atoms with Crippen LogP contribution in [0.25, 0.3) is 0 Å². The number of nitrogens with two attached hydrogens (primary N) is 1. The molecule has 1 aromatic carbocycles. The van der Waals surface area contributed by atoms with Gasteiger partial charge >= 0.3 is 0 Å². The average Bonchev–Trinajstić information content (AvgIpc) is 2.22. The Labute approximate surface area is 89.0 Å². The fourth-order valence-corrected chi connectivity index (χ4v) is 1.40. The molecule has 3 N–H and O–H groups in total. The predicted molar refractivity (Wildman–Crippen MR) is 63.1 cm³/mol. The van der Waals surface area contributed by atoms with Crippen LogP contribution in [-0.4, -0.2) is 4.98 Å². The summed E-state index contributed by atoms with van der Waals surface area (Å²) in [5, 5.41) is 3.23. The summed E-state index contributed by atoms with van der Waals surface area (Å²) in [6, 6.07) is 11.9. The van der Waals surface area contributed by atoms with Crippen molar-refractivity contribution >= 4 is 17.2 Å². The Morgan fingerprint density at radius 1 is 1.20 bits per heavy atom. The van der Waals surface area contributed by atoms with Crippen LogP contribution in [0, 0.1) is 6.92 Å². The lowest BCUT2D eigenvalue weighted by Gasteiger charge is -2.08. The molecule has 0 radical (unpaired) electrons. The van der Waals surface area contributed by atoms with Crippen LogP contribution in [0.3, 0.4) is 0 Å². The predicted octanol–water partition coefficient (Wildman–Crippen LogP) is 2.72. The molecule has 0 saturated heterocycles. The summed E-state index contributed by atoms with van der Waals surface area (Å²) >= 11 is 0. The SMILES string of the molecule is Cc1cccc(Nc2cccnc2N)c1. The molecule has 2 rings (SSSR count). The van der Waals surface area contributed by atoms with Crippen LogP contribution < -0.4 is 11.1 Å². The number of nitrogens with zero attached hydrogens (tertiary/aromatic N) is 1.